The second-order valence-electron chi connectivity index (χ2n) is 9.69. The van der Waals surface area contributed by atoms with Crippen LogP contribution in [0.4, 0.5) is 5.82 Å². The van der Waals surface area contributed by atoms with Crippen LogP contribution in [0.2, 0.25) is 0 Å². The fraction of sp³-hybridized carbons (Fsp3) is 0.520. The van der Waals surface area contributed by atoms with Crippen molar-refractivity contribution >= 4 is 17.2 Å². The van der Waals surface area contributed by atoms with Crippen LogP contribution in [-0.4, -0.2) is 44.3 Å². The molecule has 3 fully saturated rings. The van der Waals surface area contributed by atoms with E-state index < -0.39 is 0 Å². The Morgan fingerprint density at radius 3 is 2.81 bits per heavy atom. The predicted octanol–water partition coefficient (Wildman–Crippen LogP) is 3.74. The van der Waals surface area contributed by atoms with Crippen molar-refractivity contribution in [3.8, 4) is 0 Å². The molecule has 3 atom stereocenters. The zero-order valence-electron chi connectivity index (χ0n) is 18.1. The Kier molecular flexibility index (Phi) is 4.64. The molecule has 2 aromatic rings. The Bertz CT molecular complexity index is 1010. The van der Waals surface area contributed by atoms with Crippen molar-refractivity contribution in [2.45, 2.75) is 76.2 Å². The van der Waals surface area contributed by atoms with Gasteiger partial charge in [0.15, 0.2) is 0 Å². The largest absolute Gasteiger partial charge is 0.393 e. The third-order valence-corrected chi connectivity index (χ3v) is 7.60. The molecule has 2 aliphatic carbocycles. The van der Waals surface area contributed by atoms with E-state index in [4.69, 9.17) is 4.98 Å². The van der Waals surface area contributed by atoms with E-state index in [0.717, 1.165) is 54.5 Å². The highest BCUT2D eigenvalue weighted by atomic mass is 16.3. The van der Waals surface area contributed by atoms with Crippen molar-refractivity contribution in [2.24, 2.45) is 5.92 Å². The van der Waals surface area contributed by atoms with Gasteiger partial charge >= 0.3 is 0 Å². The number of hydrogen-bond donors (Lipinski definition) is 3. The van der Waals surface area contributed by atoms with Gasteiger partial charge in [0.2, 0.25) is 0 Å². The number of pyridine rings is 2. The number of piperidine rings is 1. The third-order valence-electron chi connectivity index (χ3n) is 7.60. The number of aliphatic hydroxyl groups excluding tert-OH is 1. The minimum atomic E-state index is -0.140. The molecular formula is C25H31N5O. The zero-order valence-corrected chi connectivity index (χ0v) is 18.1. The van der Waals surface area contributed by atoms with E-state index in [9.17, 15) is 5.11 Å². The molecule has 2 aliphatic heterocycles. The normalized spacial score (nSPS) is 31.7. The first kappa shape index (κ1) is 19.1. The molecule has 4 heterocycles. The Hall–Kier alpha value is -2.60. The molecule has 162 valence electrons. The molecule has 2 bridgehead atoms. The fourth-order valence-electron chi connectivity index (χ4n) is 6.10. The number of fused-ring (bicyclic) bond motifs is 5. The number of anilines is 1. The van der Waals surface area contributed by atoms with Gasteiger partial charge in [0, 0.05) is 29.5 Å². The summed E-state index contributed by atoms with van der Waals surface area (Å²) >= 11 is 0. The Morgan fingerprint density at radius 2 is 1.97 bits per heavy atom. The van der Waals surface area contributed by atoms with Gasteiger partial charge in [0.1, 0.15) is 12.0 Å². The predicted molar refractivity (Wildman–Crippen MR) is 122 cm³/mol. The van der Waals surface area contributed by atoms with Crippen molar-refractivity contribution in [1.29, 1.82) is 0 Å². The maximum absolute atomic E-state index is 9.81. The summed E-state index contributed by atoms with van der Waals surface area (Å²) in [5.74, 6) is 1.64. The van der Waals surface area contributed by atoms with Crippen molar-refractivity contribution < 1.29 is 5.11 Å². The first-order chi connectivity index (χ1) is 15.2. The molecule has 0 amide bonds. The summed E-state index contributed by atoms with van der Waals surface area (Å²) in [7, 11) is 0. The van der Waals surface area contributed by atoms with Crippen molar-refractivity contribution in [3.05, 3.63) is 53.5 Å². The highest BCUT2D eigenvalue weighted by Crippen LogP contribution is 2.50. The summed E-state index contributed by atoms with van der Waals surface area (Å²) in [5, 5.41) is 17.3. The van der Waals surface area contributed by atoms with E-state index >= 15 is 0 Å². The fourth-order valence-corrected chi connectivity index (χ4v) is 6.10. The van der Waals surface area contributed by atoms with Gasteiger partial charge in [-0.3, -0.25) is 4.98 Å². The Labute approximate surface area is 183 Å². The molecule has 0 spiro atoms. The summed E-state index contributed by atoms with van der Waals surface area (Å²) in [6.07, 6.45) is 9.78. The molecule has 3 unspecified atom stereocenters. The van der Waals surface area contributed by atoms with Gasteiger partial charge in [-0.15, -0.1) is 0 Å². The second kappa shape index (κ2) is 7.52. The third kappa shape index (κ3) is 3.37. The van der Waals surface area contributed by atoms with Crippen LogP contribution in [0.5, 0.6) is 0 Å². The second-order valence-corrected chi connectivity index (χ2v) is 9.69. The van der Waals surface area contributed by atoms with Gasteiger partial charge in [-0.05, 0) is 82.1 Å². The summed E-state index contributed by atoms with van der Waals surface area (Å²) in [5.41, 5.74) is 5.70. The summed E-state index contributed by atoms with van der Waals surface area (Å²) in [6.45, 7) is 2.05. The smallest absolute Gasteiger partial charge is 0.126 e. The highest BCUT2D eigenvalue weighted by Gasteiger charge is 2.51. The molecule has 2 saturated carbocycles. The molecule has 0 aromatic carbocycles. The van der Waals surface area contributed by atoms with Crippen LogP contribution in [0.3, 0.4) is 0 Å². The lowest BCUT2D eigenvalue weighted by atomic mass is 9.93. The topological polar surface area (TPSA) is 73.3 Å². The van der Waals surface area contributed by atoms with Crippen molar-refractivity contribution in [2.75, 3.05) is 5.32 Å². The maximum atomic E-state index is 9.81. The molecular weight excluding hydrogens is 386 g/mol. The first-order valence-corrected chi connectivity index (χ1v) is 11.8. The Morgan fingerprint density at radius 1 is 1.10 bits per heavy atom. The number of aryl methyl sites for hydroxylation is 1. The standard InChI is InChI=1S/C25H31N5O/c1-15-3-2-4-21(27-15)23-24(30-19-8-5-17(13-19)25(30)29-23)16-11-12-26-22(14-16)28-18-6-9-20(31)10-7-18/h2-4,11-12,14,17-20,25,29,31H,5-10,13H2,1H3,(H,26,28). The number of nitrogens with zero attached hydrogens (tertiary/aromatic N) is 3. The molecule has 31 heavy (non-hydrogen) atoms. The van der Waals surface area contributed by atoms with E-state index in [0.29, 0.717) is 18.2 Å². The van der Waals surface area contributed by atoms with Gasteiger partial charge in [0.25, 0.3) is 0 Å². The molecule has 2 aromatic heterocycles. The SMILES string of the molecule is Cc1cccc(C2=C(c3ccnc(NC4CCC(O)CC4)c3)N3C4CCC(C4)C3N2)n1. The zero-order chi connectivity index (χ0) is 20.9. The lowest BCUT2D eigenvalue weighted by molar-refractivity contribution is 0.126. The monoisotopic (exact) mass is 417 g/mol. The number of nitrogens with one attached hydrogen (secondary N) is 2. The summed E-state index contributed by atoms with van der Waals surface area (Å²) < 4.78 is 0. The molecule has 6 nitrogen and oxygen atoms in total. The number of rotatable bonds is 4. The highest BCUT2D eigenvalue weighted by molar-refractivity contribution is 5.91. The molecule has 3 N–H and O–H groups in total. The van der Waals surface area contributed by atoms with E-state index in [1.165, 1.54) is 30.5 Å². The van der Waals surface area contributed by atoms with Crippen LogP contribution < -0.4 is 10.6 Å². The Balaban J connectivity index is 1.37. The van der Waals surface area contributed by atoms with Gasteiger partial charge in [0.05, 0.1) is 23.2 Å². The van der Waals surface area contributed by atoms with Gasteiger partial charge in [-0.2, -0.15) is 0 Å². The van der Waals surface area contributed by atoms with Crippen molar-refractivity contribution in [3.63, 3.8) is 0 Å². The lowest BCUT2D eigenvalue weighted by Gasteiger charge is -2.33. The van der Waals surface area contributed by atoms with Gasteiger partial charge in [-0.25, -0.2) is 4.98 Å². The molecule has 1 saturated heterocycles. The van der Waals surface area contributed by atoms with Crippen LogP contribution in [0.25, 0.3) is 11.4 Å². The van der Waals surface area contributed by atoms with Gasteiger partial charge in [-0.1, -0.05) is 6.07 Å². The average Bonchev–Trinajstić information content (AvgIpc) is 3.48. The number of hydrogen-bond acceptors (Lipinski definition) is 6. The van der Waals surface area contributed by atoms with Crippen LogP contribution in [-0.2, 0) is 0 Å². The molecule has 0 radical (unpaired) electrons. The van der Waals surface area contributed by atoms with Crippen LogP contribution in [0.1, 0.15) is 61.9 Å². The van der Waals surface area contributed by atoms with Gasteiger partial charge < -0.3 is 20.6 Å². The minimum absolute atomic E-state index is 0.140. The number of aliphatic hydroxyl groups is 1. The van der Waals surface area contributed by atoms with Crippen LogP contribution in [0, 0.1) is 12.8 Å². The lowest BCUT2D eigenvalue weighted by Crippen LogP contribution is -2.41. The molecule has 4 aliphatic rings. The van der Waals surface area contributed by atoms with E-state index in [-0.39, 0.29) is 6.10 Å². The van der Waals surface area contributed by atoms with Crippen LogP contribution in [0.15, 0.2) is 36.5 Å². The molecule has 6 rings (SSSR count). The summed E-state index contributed by atoms with van der Waals surface area (Å²) in [6, 6.07) is 11.6. The quantitative estimate of drug-likeness (QED) is 0.704. The van der Waals surface area contributed by atoms with E-state index in [2.05, 4.69) is 57.8 Å². The number of aromatic nitrogens is 2. The summed E-state index contributed by atoms with van der Waals surface area (Å²) in [4.78, 5) is 12.1. The van der Waals surface area contributed by atoms with Crippen LogP contribution >= 0.6 is 0 Å². The molecule has 6 heteroatoms. The first-order valence-electron chi connectivity index (χ1n) is 11.8. The van der Waals surface area contributed by atoms with Crippen molar-refractivity contribution in [1.82, 2.24) is 20.2 Å². The average molecular weight is 418 g/mol. The minimum Gasteiger partial charge on any atom is -0.393 e. The van der Waals surface area contributed by atoms with E-state index in [1.54, 1.807) is 0 Å². The van der Waals surface area contributed by atoms with E-state index in [1.807, 2.05) is 6.20 Å². The maximum Gasteiger partial charge on any atom is 0.126 e.